The molecule has 2 rings (SSSR count). The van der Waals surface area contributed by atoms with Crippen LogP contribution in [-0.2, 0) is 4.79 Å². The van der Waals surface area contributed by atoms with Crippen molar-refractivity contribution in [3.8, 4) is 0 Å². The van der Waals surface area contributed by atoms with E-state index in [1.54, 1.807) is 0 Å². The highest BCUT2D eigenvalue weighted by atomic mass is 16.2. The van der Waals surface area contributed by atoms with E-state index >= 15 is 0 Å². The van der Waals surface area contributed by atoms with Crippen LogP contribution in [0.1, 0.15) is 43.2 Å². The molecule has 0 radical (unpaired) electrons. The molecule has 1 aliphatic heterocycles. The summed E-state index contributed by atoms with van der Waals surface area (Å²) in [6, 6.07) is 8.76. The van der Waals surface area contributed by atoms with Crippen molar-refractivity contribution in [3.63, 3.8) is 0 Å². The van der Waals surface area contributed by atoms with Gasteiger partial charge in [0.2, 0.25) is 5.91 Å². The third kappa shape index (κ3) is 3.40. The molecule has 0 saturated carbocycles. The Morgan fingerprint density at radius 1 is 1.45 bits per heavy atom. The molecule has 1 N–H and O–H groups in total. The van der Waals surface area contributed by atoms with Crippen LogP contribution < -0.4 is 5.32 Å². The number of likely N-dealkylation sites (tertiary alicyclic amines) is 1. The summed E-state index contributed by atoms with van der Waals surface area (Å²) in [6.07, 6.45) is 2.88. The first-order valence-corrected chi connectivity index (χ1v) is 7.63. The van der Waals surface area contributed by atoms with Gasteiger partial charge in [0.1, 0.15) is 0 Å². The number of rotatable bonds is 5. The molecule has 3 heteroatoms. The molecule has 1 fully saturated rings. The zero-order valence-corrected chi connectivity index (χ0v) is 12.9. The van der Waals surface area contributed by atoms with Crippen LogP contribution in [0.5, 0.6) is 0 Å². The maximum Gasteiger partial charge on any atom is 0.223 e. The van der Waals surface area contributed by atoms with E-state index in [9.17, 15) is 4.79 Å². The second-order valence-corrected chi connectivity index (χ2v) is 5.90. The third-order valence-corrected chi connectivity index (χ3v) is 4.34. The van der Waals surface area contributed by atoms with E-state index in [-0.39, 0.29) is 0 Å². The molecule has 1 saturated heterocycles. The number of hydrogen-bond acceptors (Lipinski definition) is 2. The summed E-state index contributed by atoms with van der Waals surface area (Å²) in [4.78, 5) is 14.6. The maximum absolute atomic E-state index is 12.5. The van der Waals surface area contributed by atoms with Gasteiger partial charge in [-0.3, -0.25) is 4.79 Å². The first-order valence-electron chi connectivity index (χ1n) is 7.63. The van der Waals surface area contributed by atoms with Gasteiger partial charge in [-0.05, 0) is 43.9 Å². The molecule has 1 heterocycles. The van der Waals surface area contributed by atoms with Crippen molar-refractivity contribution >= 4 is 5.91 Å². The summed E-state index contributed by atoms with van der Waals surface area (Å²) in [7, 11) is 1.96. The summed E-state index contributed by atoms with van der Waals surface area (Å²) in [5, 5.41) is 3.19. The highest BCUT2D eigenvalue weighted by molar-refractivity contribution is 5.77. The minimum absolute atomic E-state index is 0.291. The quantitative estimate of drug-likeness (QED) is 0.895. The van der Waals surface area contributed by atoms with Gasteiger partial charge in [0.05, 0.1) is 0 Å². The van der Waals surface area contributed by atoms with Crippen LogP contribution in [0, 0.1) is 6.92 Å². The van der Waals surface area contributed by atoms with Gasteiger partial charge in [-0.1, -0.05) is 31.2 Å². The van der Waals surface area contributed by atoms with Gasteiger partial charge in [-0.25, -0.2) is 0 Å². The predicted molar refractivity (Wildman–Crippen MR) is 82.9 cm³/mol. The molecule has 3 nitrogen and oxygen atoms in total. The van der Waals surface area contributed by atoms with E-state index in [2.05, 4.69) is 48.3 Å². The molecule has 110 valence electrons. The van der Waals surface area contributed by atoms with Crippen molar-refractivity contribution in [2.75, 3.05) is 20.1 Å². The lowest BCUT2D eigenvalue weighted by molar-refractivity contribution is -0.132. The van der Waals surface area contributed by atoms with Crippen molar-refractivity contribution in [2.24, 2.45) is 0 Å². The van der Waals surface area contributed by atoms with Crippen LogP contribution in [-0.4, -0.2) is 37.0 Å². The highest BCUT2D eigenvalue weighted by Gasteiger charge is 2.28. The van der Waals surface area contributed by atoms with E-state index in [0.29, 0.717) is 24.3 Å². The van der Waals surface area contributed by atoms with Gasteiger partial charge in [0, 0.05) is 25.6 Å². The summed E-state index contributed by atoms with van der Waals surface area (Å²) in [5.74, 6) is 0.595. The number of hydrogen-bond donors (Lipinski definition) is 1. The number of nitrogens with one attached hydrogen (secondary N) is 1. The molecule has 0 spiro atoms. The van der Waals surface area contributed by atoms with Gasteiger partial charge in [0.25, 0.3) is 0 Å². The number of benzene rings is 1. The van der Waals surface area contributed by atoms with Crippen LogP contribution in [0.4, 0.5) is 0 Å². The Hall–Kier alpha value is -1.35. The van der Waals surface area contributed by atoms with Crippen molar-refractivity contribution in [3.05, 3.63) is 35.4 Å². The molecule has 1 aliphatic rings. The summed E-state index contributed by atoms with van der Waals surface area (Å²) in [5.41, 5.74) is 2.58. The maximum atomic E-state index is 12.5. The van der Waals surface area contributed by atoms with Crippen molar-refractivity contribution < 1.29 is 4.79 Å². The first kappa shape index (κ1) is 15.0. The lowest BCUT2D eigenvalue weighted by atomic mass is 9.93. The molecule has 0 aromatic heterocycles. The van der Waals surface area contributed by atoms with Crippen LogP contribution in [0.25, 0.3) is 0 Å². The summed E-state index contributed by atoms with van der Waals surface area (Å²) >= 11 is 0. The molecule has 0 bridgehead atoms. The standard InChI is InChI=1S/C17H26N2O/c1-13-7-4-5-9-16(13)14(2)11-17(20)19-10-6-8-15(19)12-18-3/h4-5,7,9,14-15,18H,6,8,10-12H2,1-3H3. The Kier molecular flexibility index (Phi) is 5.18. The average Bonchev–Trinajstić information content (AvgIpc) is 2.88. The lowest BCUT2D eigenvalue weighted by Crippen LogP contribution is -2.41. The van der Waals surface area contributed by atoms with Gasteiger partial charge in [-0.2, -0.15) is 0 Å². The van der Waals surface area contributed by atoms with Gasteiger partial charge < -0.3 is 10.2 Å². The number of aryl methyl sites for hydroxylation is 1. The summed E-state index contributed by atoms with van der Waals surface area (Å²) in [6.45, 7) is 6.11. The molecule has 0 aliphatic carbocycles. The van der Waals surface area contributed by atoms with E-state index in [1.807, 2.05) is 7.05 Å². The second-order valence-electron chi connectivity index (χ2n) is 5.90. The molecule has 2 atom stereocenters. The first-order chi connectivity index (χ1) is 9.63. The Labute approximate surface area is 122 Å². The van der Waals surface area contributed by atoms with E-state index in [4.69, 9.17) is 0 Å². The van der Waals surface area contributed by atoms with E-state index < -0.39 is 0 Å². The number of amides is 1. The minimum Gasteiger partial charge on any atom is -0.338 e. The minimum atomic E-state index is 0.291. The molecule has 1 aromatic rings. The van der Waals surface area contributed by atoms with Crippen LogP contribution in [0.3, 0.4) is 0 Å². The zero-order chi connectivity index (χ0) is 14.5. The largest absolute Gasteiger partial charge is 0.338 e. The SMILES string of the molecule is CNCC1CCCN1C(=O)CC(C)c1ccccc1C. The monoisotopic (exact) mass is 274 g/mol. The number of carbonyl (C=O) groups excluding carboxylic acids is 1. The Balaban J connectivity index is 1.99. The van der Waals surface area contributed by atoms with E-state index in [1.165, 1.54) is 11.1 Å². The predicted octanol–water partition coefficient (Wildman–Crippen LogP) is 2.70. The Morgan fingerprint density at radius 3 is 2.90 bits per heavy atom. The molecule has 1 amide bonds. The fourth-order valence-electron chi connectivity index (χ4n) is 3.24. The van der Waals surface area contributed by atoms with Crippen LogP contribution in [0.15, 0.2) is 24.3 Å². The van der Waals surface area contributed by atoms with Gasteiger partial charge >= 0.3 is 0 Å². The zero-order valence-electron chi connectivity index (χ0n) is 12.9. The van der Waals surface area contributed by atoms with Crippen molar-refractivity contribution in [1.82, 2.24) is 10.2 Å². The van der Waals surface area contributed by atoms with Gasteiger partial charge in [-0.15, -0.1) is 0 Å². The molecule has 1 aromatic carbocycles. The normalized spacial score (nSPS) is 20.1. The van der Waals surface area contributed by atoms with Crippen LogP contribution in [0.2, 0.25) is 0 Å². The summed E-state index contributed by atoms with van der Waals surface area (Å²) < 4.78 is 0. The topological polar surface area (TPSA) is 32.3 Å². The fourth-order valence-corrected chi connectivity index (χ4v) is 3.24. The second kappa shape index (κ2) is 6.89. The molecule has 2 unspecified atom stereocenters. The number of nitrogens with zero attached hydrogens (tertiary/aromatic N) is 1. The fraction of sp³-hybridized carbons (Fsp3) is 0.588. The van der Waals surface area contributed by atoms with Crippen LogP contribution >= 0.6 is 0 Å². The lowest BCUT2D eigenvalue weighted by Gasteiger charge is -2.26. The Bertz CT molecular complexity index is 458. The molecular weight excluding hydrogens is 248 g/mol. The third-order valence-electron chi connectivity index (χ3n) is 4.34. The smallest absolute Gasteiger partial charge is 0.223 e. The van der Waals surface area contributed by atoms with Crippen molar-refractivity contribution in [2.45, 2.75) is 45.1 Å². The van der Waals surface area contributed by atoms with E-state index in [0.717, 1.165) is 25.9 Å². The Morgan fingerprint density at radius 2 is 2.20 bits per heavy atom. The number of likely N-dealkylation sites (N-methyl/N-ethyl adjacent to an activating group) is 1. The molecular formula is C17H26N2O. The van der Waals surface area contributed by atoms with Crippen molar-refractivity contribution in [1.29, 1.82) is 0 Å². The highest BCUT2D eigenvalue weighted by Crippen LogP contribution is 2.25. The van der Waals surface area contributed by atoms with Gasteiger partial charge in [0.15, 0.2) is 0 Å². The number of carbonyl (C=O) groups is 1. The average molecular weight is 274 g/mol. The molecule has 20 heavy (non-hydrogen) atoms.